The quantitative estimate of drug-likeness (QED) is 0.494. The van der Waals surface area contributed by atoms with Crippen LogP contribution in [0.4, 0.5) is 16.0 Å². The Bertz CT molecular complexity index is 1280. The van der Waals surface area contributed by atoms with Crippen LogP contribution < -0.4 is 10.9 Å². The minimum absolute atomic E-state index is 0.239. The van der Waals surface area contributed by atoms with E-state index in [2.05, 4.69) is 31.0 Å². The number of tetrazole rings is 1. The largest absolute Gasteiger partial charge is 0.318 e. The van der Waals surface area contributed by atoms with Gasteiger partial charge < -0.3 is 5.32 Å². The van der Waals surface area contributed by atoms with Crippen LogP contribution in [0.5, 0.6) is 0 Å². The maximum atomic E-state index is 14.7. The van der Waals surface area contributed by atoms with Crippen molar-refractivity contribution in [3.63, 3.8) is 0 Å². The zero-order chi connectivity index (χ0) is 19.8. The van der Waals surface area contributed by atoms with Gasteiger partial charge in [-0.25, -0.2) is 9.49 Å². The summed E-state index contributed by atoms with van der Waals surface area (Å²) in [7, 11) is 0. The number of aromatic nitrogens is 6. The maximum absolute atomic E-state index is 14.7. The lowest BCUT2D eigenvalue weighted by atomic mass is 9.94. The molecule has 2 aromatic carbocycles. The number of rotatable bonds is 3. The Morgan fingerprint density at radius 3 is 2.66 bits per heavy atom. The first-order valence-corrected chi connectivity index (χ1v) is 8.87. The number of fused-ring (bicyclic) bond motifs is 2. The SMILES string of the molecule is O=c1[nH]nc(/C=C/c2ccccc2)c2c1Nc1nnnn1[C@@H]2c1ccccc1F. The first-order valence-electron chi connectivity index (χ1n) is 8.87. The van der Waals surface area contributed by atoms with Crippen molar-refractivity contribution in [2.75, 3.05) is 5.32 Å². The highest BCUT2D eigenvalue weighted by atomic mass is 19.1. The average Bonchev–Trinajstić information content (AvgIpc) is 3.22. The highest BCUT2D eigenvalue weighted by Crippen LogP contribution is 2.39. The van der Waals surface area contributed by atoms with Crippen LogP contribution in [0.3, 0.4) is 0 Å². The molecule has 1 aliphatic rings. The van der Waals surface area contributed by atoms with Crippen molar-refractivity contribution in [1.29, 1.82) is 0 Å². The Morgan fingerprint density at radius 2 is 1.83 bits per heavy atom. The molecular formula is C20H14FN7O. The topological polar surface area (TPSA) is 101 Å². The van der Waals surface area contributed by atoms with Gasteiger partial charge in [-0.3, -0.25) is 4.79 Å². The molecule has 0 spiro atoms. The molecule has 3 heterocycles. The minimum atomic E-state index is -0.748. The van der Waals surface area contributed by atoms with E-state index >= 15 is 0 Å². The molecule has 142 valence electrons. The van der Waals surface area contributed by atoms with Crippen molar-refractivity contribution in [1.82, 2.24) is 30.4 Å². The van der Waals surface area contributed by atoms with Gasteiger partial charge in [0, 0.05) is 11.1 Å². The first kappa shape index (κ1) is 17.0. The molecule has 0 radical (unpaired) electrons. The van der Waals surface area contributed by atoms with Crippen LogP contribution in [-0.2, 0) is 0 Å². The summed E-state index contributed by atoms with van der Waals surface area (Å²) in [6.45, 7) is 0. The second-order valence-corrected chi connectivity index (χ2v) is 6.47. The summed E-state index contributed by atoms with van der Waals surface area (Å²) < 4.78 is 16.2. The van der Waals surface area contributed by atoms with Crippen LogP contribution in [0.1, 0.15) is 28.4 Å². The lowest BCUT2D eigenvalue weighted by Crippen LogP contribution is -2.29. The average molecular weight is 387 g/mol. The lowest BCUT2D eigenvalue weighted by molar-refractivity contribution is 0.526. The van der Waals surface area contributed by atoms with E-state index in [9.17, 15) is 9.18 Å². The maximum Gasteiger partial charge on any atom is 0.288 e. The molecular weight excluding hydrogens is 373 g/mol. The molecule has 29 heavy (non-hydrogen) atoms. The summed E-state index contributed by atoms with van der Waals surface area (Å²) in [5.74, 6) is -0.175. The number of benzene rings is 2. The van der Waals surface area contributed by atoms with E-state index < -0.39 is 17.4 Å². The standard InChI is InChI=1S/C20H14FN7O/c21-14-9-5-4-8-13(14)18-16-15(11-10-12-6-2-1-3-7-12)23-24-19(29)17(16)22-20-25-26-27-28(18)20/h1-11,18H,(H,24,29)(H,22,25,27)/b11-10+/t18-/m1/s1. The lowest BCUT2D eigenvalue weighted by Gasteiger charge is -2.27. The molecule has 1 atom stereocenters. The molecule has 0 bridgehead atoms. The molecule has 5 rings (SSSR count). The normalized spacial score (nSPS) is 15.0. The summed E-state index contributed by atoms with van der Waals surface area (Å²) in [5, 5.41) is 21.2. The van der Waals surface area contributed by atoms with Crippen molar-refractivity contribution in [3.05, 3.63) is 93.2 Å². The van der Waals surface area contributed by atoms with E-state index in [1.165, 1.54) is 10.7 Å². The van der Waals surface area contributed by atoms with Crippen LogP contribution in [0.25, 0.3) is 12.2 Å². The minimum Gasteiger partial charge on any atom is -0.318 e. The van der Waals surface area contributed by atoms with Gasteiger partial charge >= 0.3 is 0 Å². The van der Waals surface area contributed by atoms with Gasteiger partial charge in [0.2, 0.25) is 5.95 Å². The first-order chi connectivity index (χ1) is 14.2. The third-order valence-electron chi connectivity index (χ3n) is 4.73. The number of nitrogens with zero attached hydrogens (tertiary/aromatic N) is 5. The van der Waals surface area contributed by atoms with Crippen LogP contribution >= 0.6 is 0 Å². The molecule has 4 aromatic rings. The van der Waals surface area contributed by atoms with Crippen molar-refractivity contribution < 1.29 is 4.39 Å². The van der Waals surface area contributed by atoms with Crippen LogP contribution in [0.15, 0.2) is 59.4 Å². The van der Waals surface area contributed by atoms with Gasteiger partial charge in [0.15, 0.2) is 0 Å². The summed E-state index contributed by atoms with van der Waals surface area (Å²) in [6.07, 6.45) is 3.64. The Hall–Kier alpha value is -4.14. The second kappa shape index (κ2) is 6.79. The van der Waals surface area contributed by atoms with Crippen molar-refractivity contribution >= 4 is 23.8 Å². The second-order valence-electron chi connectivity index (χ2n) is 6.47. The third-order valence-corrected chi connectivity index (χ3v) is 4.73. The number of nitrogens with one attached hydrogen (secondary N) is 2. The molecule has 9 heteroatoms. The molecule has 2 aromatic heterocycles. The molecule has 0 amide bonds. The van der Waals surface area contributed by atoms with Crippen molar-refractivity contribution in [2.45, 2.75) is 6.04 Å². The summed E-state index contributed by atoms with van der Waals surface area (Å²) in [6, 6.07) is 15.3. The van der Waals surface area contributed by atoms with Gasteiger partial charge in [-0.05, 0) is 28.1 Å². The molecule has 0 saturated heterocycles. The van der Waals surface area contributed by atoms with E-state index in [1.54, 1.807) is 24.3 Å². The summed E-state index contributed by atoms with van der Waals surface area (Å²) in [5.41, 5.74) is 2.07. The van der Waals surface area contributed by atoms with Gasteiger partial charge in [0.1, 0.15) is 17.5 Å². The number of aromatic amines is 1. The Kier molecular flexibility index (Phi) is 3.98. The van der Waals surface area contributed by atoms with Gasteiger partial charge in [-0.15, -0.1) is 0 Å². The van der Waals surface area contributed by atoms with E-state index in [0.29, 0.717) is 16.8 Å². The summed E-state index contributed by atoms with van der Waals surface area (Å²) >= 11 is 0. The van der Waals surface area contributed by atoms with Gasteiger partial charge in [-0.1, -0.05) is 59.7 Å². The number of H-pyrrole nitrogens is 1. The Balaban J connectivity index is 1.74. The molecule has 0 saturated carbocycles. The fraction of sp³-hybridized carbons (Fsp3) is 0.0500. The number of hydrogen-bond acceptors (Lipinski definition) is 6. The van der Waals surface area contributed by atoms with Crippen molar-refractivity contribution in [3.8, 4) is 0 Å². The van der Waals surface area contributed by atoms with Crippen molar-refractivity contribution in [2.24, 2.45) is 0 Å². The Morgan fingerprint density at radius 1 is 1.03 bits per heavy atom. The van der Waals surface area contributed by atoms with Gasteiger partial charge in [-0.2, -0.15) is 9.78 Å². The van der Waals surface area contributed by atoms with E-state index in [0.717, 1.165) is 5.56 Å². The number of halogens is 1. The molecule has 8 nitrogen and oxygen atoms in total. The van der Waals surface area contributed by atoms with Crippen LogP contribution in [-0.4, -0.2) is 30.4 Å². The predicted octanol–water partition coefficient (Wildman–Crippen LogP) is 2.76. The molecule has 0 unspecified atom stereocenters. The highest BCUT2D eigenvalue weighted by Gasteiger charge is 2.34. The highest BCUT2D eigenvalue weighted by molar-refractivity contribution is 5.75. The molecule has 1 aliphatic heterocycles. The van der Waals surface area contributed by atoms with Gasteiger partial charge in [0.25, 0.3) is 5.56 Å². The fourth-order valence-electron chi connectivity index (χ4n) is 3.41. The van der Waals surface area contributed by atoms with Crippen LogP contribution in [0, 0.1) is 5.82 Å². The smallest absolute Gasteiger partial charge is 0.288 e. The predicted molar refractivity (Wildman–Crippen MR) is 105 cm³/mol. The van der Waals surface area contributed by atoms with Gasteiger partial charge in [0.05, 0.1) is 5.69 Å². The third kappa shape index (κ3) is 2.89. The zero-order valence-electron chi connectivity index (χ0n) is 15.0. The fourth-order valence-corrected chi connectivity index (χ4v) is 3.41. The number of hydrogen-bond donors (Lipinski definition) is 2. The molecule has 0 fully saturated rings. The Labute approximate surface area is 163 Å². The summed E-state index contributed by atoms with van der Waals surface area (Å²) in [4.78, 5) is 12.5. The monoisotopic (exact) mass is 387 g/mol. The van der Waals surface area contributed by atoms with E-state index in [1.807, 2.05) is 36.4 Å². The van der Waals surface area contributed by atoms with Crippen LogP contribution in [0.2, 0.25) is 0 Å². The molecule has 2 N–H and O–H groups in total. The van der Waals surface area contributed by atoms with E-state index in [4.69, 9.17) is 0 Å². The van der Waals surface area contributed by atoms with E-state index in [-0.39, 0.29) is 11.6 Å². The zero-order valence-corrected chi connectivity index (χ0v) is 15.0. The molecule has 0 aliphatic carbocycles. The number of anilines is 2.